The Morgan fingerprint density at radius 2 is 1.69 bits per heavy atom. The van der Waals surface area contributed by atoms with Crippen LogP contribution in [-0.2, 0) is 0 Å². The lowest BCUT2D eigenvalue weighted by molar-refractivity contribution is 0.0968. The molecule has 29 heavy (non-hydrogen) atoms. The fourth-order valence-electron chi connectivity index (χ4n) is 4.48. The highest BCUT2D eigenvalue weighted by Crippen LogP contribution is 2.44. The number of nitrogens with zero attached hydrogens (tertiary/aromatic N) is 1. The summed E-state index contributed by atoms with van der Waals surface area (Å²) in [7, 11) is 0. The Labute approximate surface area is 166 Å². The van der Waals surface area contributed by atoms with Crippen LogP contribution in [0.4, 0.5) is 14.5 Å². The highest BCUT2D eigenvalue weighted by Gasteiger charge is 2.38. The second-order valence-corrected chi connectivity index (χ2v) is 7.49. The van der Waals surface area contributed by atoms with Gasteiger partial charge in [-0.25, -0.2) is 8.78 Å². The summed E-state index contributed by atoms with van der Waals surface area (Å²) in [4.78, 5) is 27.2. The number of Topliss-reactive ketones (excluding diaryl/α,β-unsaturated/α-hetero) is 1. The Morgan fingerprint density at radius 3 is 2.48 bits per heavy atom. The predicted molar refractivity (Wildman–Crippen MR) is 106 cm³/mol. The van der Waals surface area contributed by atoms with E-state index in [4.69, 9.17) is 0 Å². The van der Waals surface area contributed by atoms with Crippen LogP contribution in [0.2, 0.25) is 0 Å². The van der Waals surface area contributed by atoms with Crippen molar-refractivity contribution in [3.05, 3.63) is 89.0 Å². The normalized spacial score (nSPS) is 17.4. The fourth-order valence-corrected chi connectivity index (χ4v) is 4.48. The number of hydrogen-bond donors (Lipinski definition) is 0. The average molecular weight is 389 g/mol. The quantitative estimate of drug-likeness (QED) is 0.592. The number of ketones is 1. The van der Waals surface area contributed by atoms with Crippen molar-refractivity contribution in [2.24, 2.45) is 0 Å². The first-order chi connectivity index (χ1) is 14.0. The maximum Gasteiger partial charge on any atom is 0.258 e. The molecule has 0 saturated heterocycles. The molecule has 144 valence electrons. The van der Waals surface area contributed by atoms with Gasteiger partial charge in [0.1, 0.15) is 11.6 Å². The molecule has 0 aromatic heterocycles. The van der Waals surface area contributed by atoms with Crippen molar-refractivity contribution in [3.8, 4) is 11.1 Å². The SMILES string of the molecule is O=C1CCC2CN(C(=O)c3cccc(-c4c(F)cccc4F)c3)c3cccc1c32. The van der Waals surface area contributed by atoms with Crippen molar-refractivity contribution in [2.75, 3.05) is 11.4 Å². The number of amides is 1. The van der Waals surface area contributed by atoms with Gasteiger partial charge in [-0.05, 0) is 47.9 Å². The minimum Gasteiger partial charge on any atom is -0.307 e. The van der Waals surface area contributed by atoms with E-state index >= 15 is 0 Å². The number of carbonyl (C=O) groups is 2. The van der Waals surface area contributed by atoms with E-state index in [1.807, 2.05) is 12.1 Å². The topological polar surface area (TPSA) is 37.4 Å². The van der Waals surface area contributed by atoms with Crippen LogP contribution >= 0.6 is 0 Å². The van der Waals surface area contributed by atoms with Crippen molar-refractivity contribution in [1.82, 2.24) is 0 Å². The molecule has 0 saturated carbocycles. The highest BCUT2D eigenvalue weighted by atomic mass is 19.1. The molecule has 3 aromatic carbocycles. The van der Waals surface area contributed by atoms with Crippen molar-refractivity contribution < 1.29 is 18.4 Å². The van der Waals surface area contributed by atoms with Crippen LogP contribution < -0.4 is 4.90 Å². The lowest BCUT2D eigenvalue weighted by Crippen LogP contribution is -2.30. The standard InChI is InChI=1S/C24H17F2NO2/c25-18-7-3-8-19(26)23(18)14-4-1-5-15(12-14)24(29)27-13-16-10-11-21(28)17-6-2-9-20(27)22(16)17/h1-9,12,16H,10-11,13H2. The third kappa shape index (κ3) is 2.77. The molecule has 1 amide bonds. The first kappa shape index (κ1) is 17.7. The molecule has 0 fully saturated rings. The first-order valence-electron chi connectivity index (χ1n) is 9.57. The van der Waals surface area contributed by atoms with E-state index in [2.05, 4.69) is 0 Å². The van der Waals surface area contributed by atoms with Gasteiger partial charge in [0.15, 0.2) is 5.78 Å². The number of benzene rings is 3. The Bertz CT molecular complexity index is 1150. The summed E-state index contributed by atoms with van der Waals surface area (Å²) in [5.41, 5.74) is 2.94. The zero-order chi connectivity index (χ0) is 20.1. The van der Waals surface area contributed by atoms with Gasteiger partial charge in [-0.2, -0.15) is 0 Å². The van der Waals surface area contributed by atoms with E-state index in [0.29, 0.717) is 29.7 Å². The zero-order valence-electron chi connectivity index (χ0n) is 15.5. The third-order valence-electron chi connectivity index (χ3n) is 5.81. The summed E-state index contributed by atoms with van der Waals surface area (Å²) < 4.78 is 28.4. The molecular formula is C24H17F2NO2. The minimum atomic E-state index is -0.671. The van der Waals surface area contributed by atoms with Gasteiger partial charge in [0.25, 0.3) is 5.91 Å². The van der Waals surface area contributed by atoms with E-state index in [0.717, 1.165) is 17.7 Å². The number of rotatable bonds is 2. The van der Waals surface area contributed by atoms with Gasteiger partial charge in [0.05, 0.1) is 5.56 Å². The number of carbonyl (C=O) groups excluding carboxylic acids is 2. The zero-order valence-corrected chi connectivity index (χ0v) is 15.5. The van der Waals surface area contributed by atoms with E-state index in [9.17, 15) is 18.4 Å². The molecule has 0 bridgehead atoms. The highest BCUT2D eigenvalue weighted by molar-refractivity contribution is 6.10. The van der Waals surface area contributed by atoms with Crippen molar-refractivity contribution >= 4 is 17.4 Å². The molecular weight excluding hydrogens is 372 g/mol. The fraction of sp³-hybridized carbons (Fsp3) is 0.167. The maximum absolute atomic E-state index is 14.2. The van der Waals surface area contributed by atoms with E-state index in [-0.39, 0.29) is 23.2 Å². The molecule has 1 aliphatic heterocycles. The largest absolute Gasteiger partial charge is 0.307 e. The van der Waals surface area contributed by atoms with Gasteiger partial charge in [-0.3, -0.25) is 9.59 Å². The molecule has 3 aromatic rings. The van der Waals surface area contributed by atoms with E-state index < -0.39 is 11.6 Å². The van der Waals surface area contributed by atoms with Crippen LogP contribution in [-0.4, -0.2) is 18.2 Å². The predicted octanol–water partition coefficient (Wildman–Crippen LogP) is 5.35. The van der Waals surface area contributed by atoms with Crippen molar-refractivity contribution in [1.29, 1.82) is 0 Å². The molecule has 5 rings (SSSR count). The second kappa shape index (κ2) is 6.62. The van der Waals surface area contributed by atoms with Crippen LogP contribution in [0, 0.1) is 11.6 Å². The lowest BCUT2D eigenvalue weighted by atomic mass is 9.83. The first-order valence-corrected chi connectivity index (χ1v) is 9.57. The lowest BCUT2D eigenvalue weighted by Gasteiger charge is -2.18. The van der Waals surface area contributed by atoms with Crippen molar-refractivity contribution in [3.63, 3.8) is 0 Å². The third-order valence-corrected chi connectivity index (χ3v) is 5.81. The summed E-state index contributed by atoms with van der Waals surface area (Å²) in [6.07, 6.45) is 1.22. The van der Waals surface area contributed by atoms with Gasteiger partial charge >= 0.3 is 0 Å². The number of hydrogen-bond acceptors (Lipinski definition) is 2. The molecule has 0 N–H and O–H groups in total. The monoisotopic (exact) mass is 389 g/mol. The van der Waals surface area contributed by atoms with Gasteiger partial charge in [-0.15, -0.1) is 0 Å². The van der Waals surface area contributed by atoms with Crippen LogP contribution in [0.15, 0.2) is 60.7 Å². The molecule has 1 aliphatic carbocycles. The maximum atomic E-state index is 14.2. The molecule has 3 nitrogen and oxygen atoms in total. The van der Waals surface area contributed by atoms with Crippen LogP contribution in [0.5, 0.6) is 0 Å². The van der Waals surface area contributed by atoms with Crippen LogP contribution in [0.3, 0.4) is 0 Å². The molecule has 1 atom stereocenters. The number of halogens is 2. The molecule has 1 heterocycles. The van der Waals surface area contributed by atoms with E-state index in [1.165, 1.54) is 24.3 Å². The Morgan fingerprint density at radius 1 is 0.966 bits per heavy atom. The summed E-state index contributed by atoms with van der Waals surface area (Å²) in [5, 5.41) is 0. The van der Waals surface area contributed by atoms with Crippen LogP contribution in [0.1, 0.15) is 45.0 Å². The number of anilines is 1. The molecule has 5 heteroatoms. The smallest absolute Gasteiger partial charge is 0.258 e. The van der Waals surface area contributed by atoms with Gasteiger partial charge in [-0.1, -0.05) is 30.3 Å². The van der Waals surface area contributed by atoms with Crippen LogP contribution in [0.25, 0.3) is 11.1 Å². The Balaban J connectivity index is 1.55. The van der Waals surface area contributed by atoms with Gasteiger partial charge < -0.3 is 4.90 Å². The second-order valence-electron chi connectivity index (χ2n) is 7.49. The minimum absolute atomic E-state index is 0.115. The Kier molecular flexibility index (Phi) is 4.05. The van der Waals surface area contributed by atoms with Gasteiger partial charge in [0.2, 0.25) is 0 Å². The molecule has 1 unspecified atom stereocenters. The summed E-state index contributed by atoms with van der Waals surface area (Å²) in [6, 6.07) is 15.6. The summed E-state index contributed by atoms with van der Waals surface area (Å²) >= 11 is 0. The van der Waals surface area contributed by atoms with E-state index in [1.54, 1.807) is 29.2 Å². The molecule has 2 aliphatic rings. The van der Waals surface area contributed by atoms with Crippen molar-refractivity contribution in [2.45, 2.75) is 18.8 Å². The molecule has 0 spiro atoms. The Hall–Kier alpha value is -3.34. The summed E-state index contributed by atoms with van der Waals surface area (Å²) in [6.45, 7) is 0.511. The average Bonchev–Trinajstić information content (AvgIpc) is 3.10. The van der Waals surface area contributed by atoms with Gasteiger partial charge in [0, 0.05) is 35.7 Å². The summed E-state index contributed by atoms with van der Waals surface area (Å²) in [5.74, 6) is -1.32. The molecule has 0 radical (unpaired) electrons.